The molecule has 5 heteroatoms. The van der Waals surface area contributed by atoms with Gasteiger partial charge in [-0.15, -0.1) is 0 Å². The van der Waals surface area contributed by atoms with Gasteiger partial charge in [0.25, 0.3) is 0 Å². The van der Waals surface area contributed by atoms with Crippen molar-refractivity contribution in [3.8, 4) is 0 Å². The molecule has 0 aromatic carbocycles. The van der Waals surface area contributed by atoms with Crippen molar-refractivity contribution in [2.24, 2.45) is 0 Å². The summed E-state index contributed by atoms with van der Waals surface area (Å²) in [5.74, 6) is -0.586. The van der Waals surface area contributed by atoms with Gasteiger partial charge in [-0.2, -0.15) is 0 Å². The van der Waals surface area contributed by atoms with Crippen LogP contribution >= 0.6 is 0 Å². The smallest absolute Gasteiger partial charge is 0.306 e. The molecule has 1 atom stereocenters. The predicted octanol–water partition coefficient (Wildman–Crippen LogP) is 14.6. The van der Waals surface area contributed by atoms with E-state index in [-0.39, 0.29) is 25.2 Å². The Morgan fingerprint density at radius 1 is 0.423 bits per heavy atom. The van der Waals surface area contributed by atoms with Crippen LogP contribution in [-0.2, 0) is 19.1 Å². The fraction of sp³-hybridized carbons (Fsp3) is 0.872. The molecule has 52 heavy (non-hydrogen) atoms. The SMILES string of the molecule is CCCCCCCC/C=C/CCCCCCCCCCCCCC(=O)O[C@@H](CO)COC(=O)CCCCCCCCC/C=C/CCCCCCCC. The van der Waals surface area contributed by atoms with Crippen molar-refractivity contribution in [1.82, 2.24) is 0 Å². The van der Waals surface area contributed by atoms with Crippen molar-refractivity contribution in [2.75, 3.05) is 13.2 Å². The molecule has 0 saturated heterocycles. The highest BCUT2D eigenvalue weighted by atomic mass is 16.6. The van der Waals surface area contributed by atoms with Crippen molar-refractivity contribution < 1.29 is 24.2 Å². The summed E-state index contributed by atoms with van der Waals surface area (Å²) in [6.07, 6.45) is 52.5. The minimum Gasteiger partial charge on any atom is -0.462 e. The second-order valence-corrected chi connectivity index (χ2v) is 15.5. The first kappa shape index (κ1) is 50.4. The molecule has 0 saturated carbocycles. The van der Waals surface area contributed by atoms with Gasteiger partial charge >= 0.3 is 11.9 Å². The van der Waals surface area contributed by atoms with Crippen molar-refractivity contribution in [3.05, 3.63) is 24.3 Å². The first-order valence-corrected chi connectivity index (χ1v) is 22.9. The summed E-state index contributed by atoms with van der Waals surface area (Å²) in [4.78, 5) is 24.4. The lowest BCUT2D eigenvalue weighted by atomic mass is 10.0. The normalized spacial score (nSPS) is 12.3. The summed E-state index contributed by atoms with van der Waals surface area (Å²) < 4.78 is 10.6. The number of ether oxygens (including phenoxy) is 2. The maximum atomic E-state index is 12.2. The van der Waals surface area contributed by atoms with E-state index >= 15 is 0 Å². The number of aliphatic hydroxyl groups excluding tert-OH is 1. The zero-order chi connectivity index (χ0) is 37.8. The molecule has 0 fully saturated rings. The van der Waals surface area contributed by atoms with Crippen LogP contribution in [0.1, 0.15) is 245 Å². The van der Waals surface area contributed by atoms with Crippen molar-refractivity contribution in [3.63, 3.8) is 0 Å². The molecule has 0 rings (SSSR count). The Balaban J connectivity index is 3.50. The zero-order valence-corrected chi connectivity index (χ0v) is 34.8. The molecule has 0 unspecified atom stereocenters. The summed E-state index contributed by atoms with van der Waals surface area (Å²) in [5, 5.41) is 9.59. The highest BCUT2D eigenvalue weighted by Crippen LogP contribution is 2.15. The number of carbonyl (C=O) groups is 2. The minimum atomic E-state index is -0.770. The molecule has 0 heterocycles. The number of allylic oxidation sites excluding steroid dienone is 4. The summed E-state index contributed by atoms with van der Waals surface area (Å²) in [6, 6.07) is 0. The fourth-order valence-corrected chi connectivity index (χ4v) is 6.72. The van der Waals surface area contributed by atoms with Crippen molar-refractivity contribution in [1.29, 1.82) is 0 Å². The second kappa shape index (κ2) is 43.8. The van der Waals surface area contributed by atoms with E-state index in [0.717, 1.165) is 38.5 Å². The summed E-state index contributed by atoms with van der Waals surface area (Å²) >= 11 is 0. The average Bonchev–Trinajstić information content (AvgIpc) is 3.15. The van der Waals surface area contributed by atoms with E-state index in [2.05, 4.69) is 38.2 Å². The molecule has 0 aliphatic heterocycles. The lowest BCUT2D eigenvalue weighted by Crippen LogP contribution is -2.28. The van der Waals surface area contributed by atoms with E-state index in [4.69, 9.17) is 9.47 Å². The number of aliphatic hydroxyl groups is 1. The van der Waals surface area contributed by atoms with Gasteiger partial charge in [-0.05, 0) is 64.2 Å². The number of rotatable bonds is 42. The Labute approximate surface area is 323 Å². The molecule has 0 amide bonds. The Morgan fingerprint density at radius 2 is 0.712 bits per heavy atom. The van der Waals surface area contributed by atoms with Gasteiger partial charge in [0.1, 0.15) is 6.61 Å². The first-order valence-electron chi connectivity index (χ1n) is 22.9. The van der Waals surface area contributed by atoms with Gasteiger partial charge < -0.3 is 14.6 Å². The topological polar surface area (TPSA) is 72.8 Å². The summed E-state index contributed by atoms with van der Waals surface area (Å²) in [7, 11) is 0. The lowest BCUT2D eigenvalue weighted by molar-refractivity contribution is -0.161. The van der Waals surface area contributed by atoms with Crippen LogP contribution in [-0.4, -0.2) is 36.4 Å². The Bertz CT molecular complexity index is 791. The molecule has 1 N–H and O–H groups in total. The molecule has 0 aliphatic rings. The average molecular weight is 733 g/mol. The van der Waals surface area contributed by atoms with Crippen LogP contribution in [0.2, 0.25) is 0 Å². The van der Waals surface area contributed by atoms with Gasteiger partial charge in [0, 0.05) is 12.8 Å². The van der Waals surface area contributed by atoms with E-state index in [1.54, 1.807) is 0 Å². The number of hydrogen-bond donors (Lipinski definition) is 1. The van der Waals surface area contributed by atoms with Crippen LogP contribution in [0.5, 0.6) is 0 Å². The number of esters is 2. The highest BCUT2D eigenvalue weighted by molar-refractivity contribution is 5.70. The third-order valence-electron chi connectivity index (χ3n) is 10.2. The molecule has 0 aliphatic carbocycles. The third-order valence-corrected chi connectivity index (χ3v) is 10.2. The van der Waals surface area contributed by atoms with Crippen molar-refractivity contribution in [2.45, 2.75) is 251 Å². The molecule has 0 spiro atoms. The number of unbranched alkanes of at least 4 members (excludes halogenated alkanes) is 30. The lowest BCUT2D eigenvalue weighted by Gasteiger charge is -2.15. The molecule has 5 nitrogen and oxygen atoms in total. The molecule has 306 valence electrons. The van der Waals surface area contributed by atoms with E-state index < -0.39 is 6.10 Å². The Hall–Kier alpha value is -1.62. The fourth-order valence-electron chi connectivity index (χ4n) is 6.72. The van der Waals surface area contributed by atoms with Crippen LogP contribution in [0.3, 0.4) is 0 Å². The van der Waals surface area contributed by atoms with Gasteiger partial charge in [-0.3, -0.25) is 9.59 Å². The Morgan fingerprint density at radius 3 is 1.04 bits per heavy atom. The second-order valence-electron chi connectivity index (χ2n) is 15.5. The molecule has 0 radical (unpaired) electrons. The summed E-state index contributed by atoms with van der Waals surface area (Å²) in [5.41, 5.74) is 0. The maximum absolute atomic E-state index is 12.2. The van der Waals surface area contributed by atoms with Crippen LogP contribution in [0.15, 0.2) is 24.3 Å². The number of carbonyl (C=O) groups excluding carboxylic acids is 2. The predicted molar refractivity (Wildman–Crippen MR) is 224 cm³/mol. The van der Waals surface area contributed by atoms with Crippen LogP contribution in [0.25, 0.3) is 0 Å². The molecule has 0 aromatic heterocycles. The maximum Gasteiger partial charge on any atom is 0.306 e. The van der Waals surface area contributed by atoms with E-state index in [9.17, 15) is 14.7 Å². The largest absolute Gasteiger partial charge is 0.462 e. The monoisotopic (exact) mass is 733 g/mol. The number of hydrogen-bond acceptors (Lipinski definition) is 5. The molecule has 0 aromatic rings. The quantitative estimate of drug-likeness (QED) is 0.0384. The van der Waals surface area contributed by atoms with Gasteiger partial charge in [-0.25, -0.2) is 0 Å². The van der Waals surface area contributed by atoms with E-state index in [0.29, 0.717) is 12.8 Å². The highest BCUT2D eigenvalue weighted by Gasteiger charge is 2.16. The minimum absolute atomic E-state index is 0.0646. The van der Waals surface area contributed by atoms with Crippen molar-refractivity contribution >= 4 is 11.9 Å². The summed E-state index contributed by atoms with van der Waals surface area (Å²) in [6.45, 7) is 4.15. The molecular formula is C47H88O5. The van der Waals surface area contributed by atoms with E-state index in [1.807, 2.05) is 0 Å². The first-order chi connectivity index (χ1) is 25.6. The van der Waals surface area contributed by atoms with Gasteiger partial charge in [0.2, 0.25) is 0 Å². The van der Waals surface area contributed by atoms with Gasteiger partial charge in [0.15, 0.2) is 6.10 Å². The zero-order valence-electron chi connectivity index (χ0n) is 34.8. The van der Waals surface area contributed by atoms with Crippen LogP contribution < -0.4 is 0 Å². The van der Waals surface area contributed by atoms with Crippen LogP contribution in [0.4, 0.5) is 0 Å². The molecule has 0 bridgehead atoms. The van der Waals surface area contributed by atoms with Gasteiger partial charge in [0.05, 0.1) is 6.61 Å². The third kappa shape index (κ3) is 41.1. The van der Waals surface area contributed by atoms with Gasteiger partial charge in [-0.1, -0.05) is 192 Å². The standard InChI is InChI=1S/C47H88O5/c1-3-5-7-9-11-13-15-17-19-21-22-23-24-26-28-30-32-34-36-38-40-42-47(50)52-45(43-48)44-51-46(49)41-39-37-35-33-31-29-27-25-20-18-16-14-12-10-8-6-4-2/h17-20,45,48H,3-16,21-44H2,1-2H3/b19-17+,20-18+/t45-/m0/s1. The Kier molecular flexibility index (Phi) is 42.4. The molecular weight excluding hydrogens is 645 g/mol. The van der Waals surface area contributed by atoms with Crippen LogP contribution in [0, 0.1) is 0 Å². The van der Waals surface area contributed by atoms with E-state index in [1.165, 1.54) is 180 Å².